The van der Waals surface area contributed by atoms with Gasteiger partial charge in [0.15, 0.2) is 0 Å². The summed E-state index contributed by atoms with van der Waals surface area (Å²) >= 11 is 0. The number of aryl methyl sites for hydroxylation is 1. The van der Waals surface area contributed by atoms with Crippen LogP contribution in [0.3, 0.4) is 0 Å². The van der Waals surface area contributed by atoms with Crippen LogP contribution in [0.25, 0.3) is 0 Å². The molecule has 38 heavy (non-hydrogen) atoms. The zero-order chi connectivity index (χ0) is 28.3. The molecule has 0 bridgehead atoms. The molecule has 0 saturated heterocycles. The lowest BCUT2D eigenvalue weighted by atomic mass is 9.99. The van der Waals surface area contributed by atoms with Gasteiger partial charge in [-0.15, -0.1) is 0 Å². The summed E-state index contributed by atoms with van der Waals surface area (Å²) in [5.41, 5.74) is 1.15. The van der Waals surface area contributed by atoms with Gasteiger partial charge in [-0.3, -0.25) is 9.59 Å². The Labute approximate surface area is 225 Å². The van der Waals surface area contributed by atoms with E-state index in [1.54, 1.807) is 39.8 Å². The number of alkyl carbamates (subject to hydrolysis) is 1. The van der Waals surface area contributed by atoms with Crippen LogP contribution in [0, 0.1) is 6.92 Å². The molecule has 0 aliphatic rings. The van der Waals surface area contributed by atoms with Crippen molar-refractivity contribution in [2.24, 2.45) is 0 Å². The molecule has 0 fully saturated rings. The molecule has 9 heteroatoms. The van der Waals surface area contributed by atoms with Crippen LogP contribution in [0.5, 0.6) is 5.75 Å². The summed E-state index contributed by atoms with van der Waals surface area (Å²) in [6, 6.07) is 11.8. The first-order valence-corrected chi connectivity index (χ1v) is 13.0. The quantitative estimate of drug-likeness (QED) is 0.309. The Morgan fingerprint density at radius 3 is 2.32 bits per heavy atom. The van der Waals surface area contributed by atoms with Crippen molar-refractivity contribution in [2.75, 3.05) is 13.2 Å². The second-order valence-electron chi connectivity index (χ2n) is 10.3. The van der Waals surface area contributed by atoms with E-state index >= 15 is 0 Å². The van der Waals surface area contributed by atoms with Gasteiger partial charge in [0.1, 0.15) is 23.4 Å². The van der Waals surface area contributed by atoms with Crippen molar-refractivity contribution in [1.29, 1.82) is 0 Å². The summed E-state index contributed by atoms with van der Waals surface area (Å²) in [6.45, 7) is 8.63. The minimum Gasteiger partial charge on any atom is -0.508 e. The minimum atomic E-state index is -1.31. The standard InChI is InChI=1S/C29H41N3O6/c1-6-7-11-16-32(27(36)23(19-33)31-28(37)38-29(3,4)5)25(22-14-15-24(34)20(2)17-22)26(35)30-18-21-12-9-8-10-13-21/h8-10,12-15,17,23,25,33-34H,6-7,11,16,18-19H2,1-5H3,(H,30,35)(H,31,37). The third-order valence-corrected chi connectivity index (χ3v) is 5.86. The number of rotatable bonds is 12. The fourth-order valence-corrected chi connectivity index (χ4v) is 3.94. The van der Waals surface area contributed by atoms with Crippen LogP contribution in [0.1, 0.15) is 69.7 Å². The molecule has 2 aromatic rings. The van der Waals surface area contributed by atoms with Crippen LogP contribution in [0.15, 0.2) is 48.5 Å². The van der Waals surface area contributed by atoms with Crippen LogP contribution in [-0.2, 0) is 20.9 Å². The number of aliphatic hydroxyl groups excluding tert-OH is 1. The molecule has 2 unspecified atom stereocenters. The largest absolute Gasteiger partial charge is 0.508 e. The first-order valence-electron chi connectivity index (χ1n) is 13.0. The molecule has 0 saturated carbocycles. The molecule has 0 aliphatic carbocycles. The fraction of sp³-hybridized carbons (Fsp3) is 0.483. The minimum absolute atomic E-state index is 0.0703. The molecule has 2 rings (SSSR count). The van der Waals surface area contributed by atoms with Crippen LogP contribution < -0.4 is 10.6 Å². The second-order valence-corrected chi connectivity index (χ2v) is 10.3. The van der Waals surface area contributed by atoms with Gasteiger partial charge in [0.05, 0.1) is 6.61 Å². The van der Waals surface area contributed by atoms with Crippen LogP contribution in [0.4, 0.5) is 4.79 Å². The number of carbonyl (C=O) groups excluding carboxylic acids is 3. The van der Waals surface area contributed by atoms with E-state index in [2.05, 4.69) is 10.6 Å². The Hall–Kier alpha value is -3.59. The number of hydrogen-bond donors (Lipinski definition) is 4. The highest BCUT2D eigenvalue weighted by Gasteiger charge is 2.36. The van der Waals surface area contributed by atoms with Crippen LogP contribution in [0.2, 0.25) is 0 Å². The highest BCUT2D eigenvalue weighted by Crippen LogP contribution is 2.27. The monoisotopic (exact) mass is 527 g/mol. The number of aliphatic hydroxyl groups is 1. The van der Waals surface area contributed by atoms with Crippen molar-refractivity contribution in [3.63, 3.8) is 0 Å². The lowest BCUT2D eigenvalue weighted by Crippen LogP contribution is -2.54. The van der Waals surface area contributed by atoms with E-state index in [-0.39, 0.29) is 18.8 Å². The first kappa shape index (κ1) is 30.6. The summed E-state index contributed by atoms with van der Waals surface area (Å²) in [6.07, 6.45) is 1.49. The predicted molar refractivity (Wildman–Crippen MR) is 145 cm³/mol. The summed E-state index contributed by atoms with van der Waals surface area (Å²) in [7, 11) is 0. The van der Waals surface area contributed by atoms with Crippen molar-refractivity contribution in [1.82, 2.24) is 15.5 Å². The summed E-state index contributed by atoms with van der Waals surface area (Å²) in [4.78, 5) is 41.2. The van der Waals surface area contributed by atoms with Gasteiger partial charge in [-0.25, -0.2) is 4.79 Å². The van der Waals surface area contributed by atoms with E-state index in [1.807, 2.05) is 37.3 Å². The van der Waals surface area contributed by atoms with Gasteiger partial charge >= 0.3 is 6.09 Å². The highest BCUT2D eigenvalue weighted by atomic mass is 16.6. The Morgan fingerprint density at radius 2 is 1.74 bits per heavy atom. The topological polar surface area (TPSA) is 128 Å². The van der Waals surface area contributed by atoms with Crippen LogP contribution >= 0.6 is 0 Å². The number of hydrogen-bond acceptors (Lipinski definition) is 6. The third kappa shape index (κ3) is 9.37. The van der Waals surface area contributed by atoms with Gasteiger partial charge in [-0.2, -0.15) is 0 Å². The van der Waals surface area contributed by atoms with E-state index < -0.39 is 42.2 Å². The number of nitrogens with one attached hydrogen (secondary N) is 2. The molecular formula is C29H41N3O6. The van der Waals surface area contributed by atoms with E-state index in [4.69, 9.17) is 4.74 Å². The maximum absolute atomic E-state index is 13.8. The Morgan fingerprint density at radius 1 is 1.05 bits per heavy atom. The van der Waals surface area contributed by atoms with Crippen molar-refractivity contribution < 1.29 is 29.3 Å². The van der Waals surface area contributed by atoms with Gasteiger partial charge in [0, 0.05) is 13.1 Å². The lowest BCUT2D eigenvalue weighted by molar-refractivity contribution is -0.143. The number of benzene rings is 2. The van der Waals surface area contributed by atoms with E-state index in [0.717, 1.165) is 18.4 Å². The highest BCUT2D eigenvalue weighted by molar-refractivity contribution is 5.92. The Bertz CT molecular complexity index is 1070. The molecule has 2 aromatic carbocycles. The average Bonchev–Trinajstić information content (AvgIpc) is 2.86. The van der Waals surface area contributed by atoms with Gasteiger partial charge in [-0.05, 0) is 62.9 Å². The second kappa shape index (κ2) is 14.4. The van der Waals surface area contributed by atoms with E-state index in [1.165, 1.54) is 11.0 Å². The molecule has 0 radical (unpaired) electrons. The summed E-state index contributed by atoms with van der Waals surface area (Å²) < 4.78 is 5.27. The average molecular weight is 528 g/mol. The zero-order valence-corrected chi connectivity index (χ0v) is 23.0. The molecule has 2 atom stereocenters. The van der Waals surface area contributed by atoms with Gasteiger partial charge in [0.25, 0.3) is 0 Å². The molecular weight excluding hydrogens is 486 g/mol. The molecule has 9 nitrogen and oxygen atoms in total. The summed E-state index contributed by atoms with van der Waals surface area (Å²) in [5, 5.41) is 25.5. The maximum atomic E-state index is 13.8. The maximum Gasteiger partial charge on any atom is 0.408 e. The molecule has 0 aromatic heterocycles. The fourth-order valence-electron chi connectivity index (χ4n) is 3.94. The lowest BCUT2D eigenvalue weighted by Gasteiger charge is -2.34. The molecule has 0 heterocycles. The van der Waals surface area contributed by atoms with Crippen molar-refractivity contribution in [3.05, 3.63) is 65.2 Å². The Balaban J connectivity index is 2.44. The Kier molecular flexibility index (Phi) is 11.6. The zero-order valence-electron chi connectivity index (χ0n) is 23.0. The number of carbonyl (C=O) groups is 3. The smallest absolute Gasteiger partial charge is 0.408 e. The van der Waals surface area contributed by atoms with Crippen molar-refractivity contribution in [3.8, 4) is 5.75 Å². The summed E-state index contributed by atoms with van der Waals surface area (Å²) in [5.74, 6) is -0.960. The SMILES string of the molecule is CCCCCN(C(=O)C(CO)NC(=O)OC(C)(C)C)C(C(=O)NCc1ccccc1)c1ccc(O)c(C)c1. The van der Waals surface area contributed by atoms with Gasteiger partial charge in [0.2, 0.25) is 11.8 Å². The van der Waals surface area contributed by atoms with E-state index in [0.29, 0.717) is 17.5 Å². The first-order chi connectivity index (χ1) is 18.0. The number of ether oxygens (including phenoxy) is 1. The molecule has 0 spiro atoms. The predicted octanol–water partition coefficient (Wildman–Crippen LogP) is 3.96. The van der Waals surface area contributed by atoms with Gasteiger partial charge < -0.3 is 30.5 Å². The van der Waals surface area contributed by atoms with Crippen LogP contribution in [-0.4, -0.2) is 57.8 Å². The van der Waals surface area contributed by atoms with Crippen molar-refractivity contribution in [2.45, 2.75) is 78.1 Å². The number of phenolic OH excluding ortho intramolecular Hbond substituents is 1. The number of unbranched alkanes of at least 4 members (excludes halogenated alkanes) is 2. The number of amides is 3. The molecule has 3 amide bonds. The normalized spacial score (nSPS) is 12.8. The van der Waals surface area contributed by atoms with Crippen molar-refractivity contribution >= 4 is 17.9 Å². The third-order valence-electron chi connectivity index (χ3n) is 5.86. The number of aromatic hydroxyl groups is 1. The molecule has 4 N–H and O–H groups in total. The number of phenols is 1. The van der Waals surface area contributed by atoms with E-state index in [9.17, 15) is 24.6 Å². The number of nitrogens with zero attached hydrogens (tertiary/aromatic N) is 1. The molecule has 208 valence electrons. The van der Waals surface area contributed by atoms with Gasteiger partial charge in [-0.1, -0.05) is 56.2 Å². The molecule has 0 aliphatic heterocycles.